The highest BCUT2D eigenvalue weighted by Gasteiger charge is 2.37. The third kappa shape index (κ3) is 2.09. The first-order valence-corrected chi connectivity index (χ1v) is 6.03. The van der Waals surface area contributed by atoms with Gasteiger partial charge in [-0.05, 0) is 18.8 Å². The minimum atomic E-state index is 0.0778. The van der Waals surface area contributed by atoms with Gasteiger partial charge in [0.05, 0.1) is 12.1 Å². The molecule has 1 fully saturated rings. The average molecular weight is 210 g/mol. The standard InChI is InChI=1S/C11H22N4/c1-9-4-2-3-5-11(9,8-12)15-10-13-6-7-14-10/h9H,2-8,12H2,1H3,(H2,13,14,15). The van der Waals surface area contributed by atoms with Gasteiger partial charge in [-0.25, -0.2) is 0 Å². The molecular weight excluding hydrogens is 188 g/mol. The molecule has 0 bridgehead atoms. The fourth-order valence-corrected chi connectivity index (χ4v) is 2.67. The normalized spacial score (nSPS) is 35.9. The lowest BCUT2D eigenvalue weighted by atomic mass is 9.73. The number of hydrogen-bond donors (Lipinski definition) is 3. The van der Waals surface area contributed by atoms with Crippen molar-refractivity contribution in [2.45, 2.75) is 38.1 Å². The van der Waals surface area contributed by atoms with Gasteiger partial charge >= 0.3 is 0 Å². The van der Waals surface area contributed by atoms with Crippen LogP contribution in [0.3, 0.4) is 0 Å². The zero-order valence-corrected chi connectivity index (χ0v) is 9.55. The van der Waals surface area contributed by atoms with E-state index >= 15 is 0 Å². The van der Waals surface area contributed by atoms with E-state index in [4.69, 9.17) is 5.73 Å². The molecule has 2 unspecified atom stereocenters. The van der Waals surface area contributed by atoms with Crippen molar-refractivity contribution >= 4 is 5.96 Å². The fourth-order valence-electron chi connectivity index (χ4n) is 2.67. The van der Waals surface area contributed by atoms with E-state index in [1.807, 2.05) is 0 Å². The van der Waals surface area contributed by atoms with Crippen molar-refractivity contribution in [2.24, 2.45) is 16.6 Å². The summed E-state index contributed by atoms with van der Waals surface area (Å²) in [7, 11) is 0. The maximum atomic E-state index is 5.96. The number of hydrogen-bond acceptors (Lipinski definition) is 4. The second kappa shape index (κ2) is 4.39. The van der Waals surface area contributed by atoms with Crippen LogP contribution in [0.4, 0.5) is 0 Å². The third-order valence-corrected chi connectivity index (χ3v) is 3.86. The molecule has 1 aliphatic carbocycles. The summed E-state index contributed by atoms with van der Waals surface area (Å²) < 4.78 is 0. The van der Waals surface area contributed by atoms with Gasteiger partial charge in [0, 0.05) is 13.1 Å². The van der Waals surface area contributed by atoms with E-state index in [0.29, 0.717) is 12.5 Å². The molecule has 1 saturated carbocycles. The van der Waals surface area contributed by atoms with Gasteiger partial charge in [0.2, 0.25) is 0 Å². The quantitative estimate of drug-likeness (QED) is 0.620. The van der Waals surface area contributed by atoms with Crippen LogP contribution in [0.15, 0.2) is 4.99 Å². The topological polar surface area (TPSA) is 62.4 Å². The number of guanidine groups is 1. The third-order valence-electron chi connectivity index (χ3n) is 3.86. The summed E-state index contributed by atoms with van der Waals surface area (Å²) in [5, 5.41) is 6.81. The Morgan fingerprint density at radius 2 is 2.47 bits per heavy atom. The maximum absolute atomic E-state index is 5.96. The van der Waals surface area contributed by atoms with Crippen molar-refractivity contribution in [1.82, 2.24) is 10.6 Å². The lowest BCUT2D eigenvalue weighted by Crippen LogP contribution is -2.60. The Morgan fingerprint density at radius 3 is 3.07 bits per heavy atom. The Hall–Kier alpha value is -0.770. The summed E-state index contributed by atoms with van der Waals surface area (Å²) in [6, 6.07) is 0. The van der Waals surface area contributed by atoms with Crippen molar-refractivity contribution in [1.29, 1.82) is 0 Å². The maximum Gasteiger partial charge on any atom is 0.191 e. The highest BCUT2D eigenvalue weighted by Crippen LogP contribution is 2.32. The number of aliphatic imine (C=N–C) groups is 1. The van der Waals surface area contributed by atoms with Gasteiger partial charge < -0.3 is 16.4 Å². The monoisotopic (exact) mass is 210 g/mol. The zero-order chi connectivity index (χ0) is 10.7. The molecule has 2 rings (SSSR count). The summed E-state index contributed by atoms with van der Waals surface area (Å²) in [5.41, 5.74) is 6.04. The first kappa shape index (κ1) is 10.7. The number of nitrogens with two attached hydrogens (primary N) is 1. The lowest BCUT2D eigenvalue weighted by molar-refractivity contribution is 0.186. The van der Waals surface area contributed by atoms with E-state index in [1.54, 1.807) is 0 Å². The van der Waals surface area contributed by atoms with Crippen LogP contribution in [0.5, 0.6) is 0 Å². The molecule has 0 radical (unpaired) electrons. The van der Waals surface area contributed by atoms with E-state index in [9.17, 15) is 0 Å². The summed E-state index contributed by atoms with van der Waals surface area (Å²) >= 11 is 0. The number of nitrogens with one attached hydrogen (secondary N) is 2. The second-order valence-electron chi connectivity index (χ2n) is 4.79. The van der Waals surface area contributed by atoms with Crippen molar-refractivity contribution in [3.8, 4) is 0 Å². The average Bonchev–Trinajstić information content (AvgIpc) is 2.74. The molecule has 1 aliphatic heterocycles. The Labute approximate surface area is 91.7 Å². The molecule has 0 aromatic heterocycles. The predicted molar refractivity (Wildman–Crippen MR) is 62.9 cm³/mol. The molecule has 0 amide bonds. The van der Waals surface area contributed by atoms with Crippen LogP contribution in [0, 0.1) is 5.92 Å². The predicted octanol–water partition coefficient (Wildman–Crippen LogP) is 0.443. The van der Waals surface area contributed by atoms with Gasteiger partial charge in [-0.15, -0.1) is 0 Å². The summed E-state index contributed by atoms with van der Waals surface area (Å²) in [6.45, 7) is 4.85. The molecule has 0 aromatic rings. The van der Waals surface area contributed by atoms with Gasteiger partial charge in [0.15, 0.2) is 5.96 Å². The summed E-state index contributed by atoms with van der Waals surface area (Å²) in [4.78, 5) is 4.40. The van der Waals surface area contributed by atoms with Gasteiger partial charge in [0.1, 0.15) is 0 Å². The molecule has 86 valence electrons. The van der Waals surface area contributed by atoms with E-state index in [-0.39, 0.29) is 5.54 Å². The smallest absolute Gasteiger partial charge is 0.191 e. The van der Waals surface area contributed by atoms with E-state index in [0.717, 1.165) is 19.0 Å². The largest absolute Gasteiger partial charge is 0.355 e. The van der Waals surface area contributed by atoms with Crippen LogP contribution in [-0.2, 0) is 0 Å². The van der Waals surface area contributed by atoms with Crippen molar-refractivity contribution in [2.75, 3.05) is 19.6 Å². The molecule has 0 saturated heterocycles. The van der Waals surface area contributed by atoms with Crippen molar-refractivity contribution in [3.63, 3.8) is 0 Å². The van der Waals surface area contributed by atoms with Crippen LogP contribution in [0.1, 0.15) is 32.6 Å². The Morgan fingerprint density at radius 1 is 1.60 bits per heavy atom. The molecule has 4 nitrogen and oxygen atoms in total. The van der Waals surface area contributed by atoms with Crippen molar-refractivity contribution in [3.05, 3.63) is 0 Å². The van der Waals surface area contributed by atoms with Gasteiger partial charge in [-0.2, -0.15) is 0 Å². The summed E-state index contributed by atoms with van der Waals surface area (Å²) in [5.74, 6) is 1.59. The number of rotatable bonds is 2. The number of nitrogens with zero attached hydrogens (tertiary/aromatic N) is 1. The zero-order valence-electron chi connectivity index (χ0n) is 9.55. The van der Waals surface area contributed by atoms with Crippen LogP contribution in [0.25, 0.3) is 0 Å². The molecule has 4 heteroatoms. The minimum Gasteiger partial charge on any atom is -0.355 e. The van der Waals surface area contributed by atoms with Gasteiger partial charge in [-0.1, -0.05) is 19.8 Å². The summed E-state index contributed by atoms with van der Waals surface area (Å²) in [6.07, 6.45) is 5.06. The van der Waals surface area contributed by atoms with E-state index in [2.05, 4.69) is 22.5 Å². The molecule has 4 N–H and O–H groups in total. The Kier molecular flexibility index (Phi) is 3.14. The van der Waals surface area contributed by atoms with Crippen LogP contribution in [-0.4, -0.2) is 31.1 Å². The molecule has 2 aliphatic rings. The van der Waals surface area contributed by atoms with Crippen molar-refractivity contribution < 1.29 is 0 Å². The molecular formula is C11H22N4. The van der Waals surface area contributed by atoms with Gasteiger partial charge in [0.25, 0.3) is 0 Å². The minimum absolute atomic E-state index is 0.0778. The van der Waals surface area contributed by atoms with E-state index < -0.39 is 0 Å². The molecule has 0 spiro atoms. The van der Waals surface area contributed by atoms with Crippen LogP contribution < -0.4 is 16.4 Å². The second-order valence-corrected chi connectivity index (χ2v) is 4.79. The van der Waals surface area contributed by atoms with Crippen LogP contribution >= 0.6 is 0 Å². The molecule has 2 atom stereocenters. The Balaban J connectivity index is 2.05. The molecule has 0 aromatic carbocycles. The highest BCUT2D eigenvalue weighted by molar-refractivity contribution is 5.82. The molecule has 15 heavy (non-hydrogen) atoms. The first-order chi connectivity index (χ1) is 7.27. The fraction of sp³-hybridized carbons (Fsp3) is 0.909. The first-order valence-electron chi connectivity index (χ1n) is 6.03. The SMILES string of the molecule is CC1CCCCC1(CN)NC1=NCCN1. The van der Waals surface area contributed by atoms with E-state index in [1.165, 1.54) is 25.7 Å². The highest BCUT2D eigenvalue weighted by atomic mass is 15.2. The molecule has 1 heterocycles. The lowest BCUT2D eigenvalue weighted by Gasteiger charge is -2.43. The Bertz CT molecular complexity index is 251. The van der Waals surface area contributed by atoms with Gasteiger partial charge in [-0.3, -0.25) is 4.99 Å². The van der Waals surface area contributed by atoms with Crippen LogP contribution in [0.2, 0.25) is 0 Å².